The number of rotatable bonds is 50. The minimum absolute atomic E-state index is 0.0930. The summed E-state index contributed by atoms with van der Waals surface area (Å²) in [6, 6.07) is 0. The van der Waals surface area contributed by atoms with Crippen molar-refractivity contribution < 1.29 is 28.6 Å². The van der Waals surface area contributed by atoms with Gasteiger partial charge in [0.05, 0.1) is 0 Å². The van der Waals surface area contributed by atoms with E-state index in [9.17, 15) is 14.4 Å². The van der Waals surface area contributed by atoms with Gasteiger partial charge in [-0.2, -0.15) is 0 Å². The minimum Gasteiger partial charge on any atom is -0.462 e. The number of esters is 3. The van der Waals surface area contributed by atoms with Gasteiger partial charge < -0.3 is 14.2 Å². The lowest BCUT2D eigenvalue weighted by atomic mass is 10.1. The molecule has 0 rings (SSSR count). The van der Waals surface area contributed by atoms with Crippen molar-refractivity contribution in [3.8, 4) is 0 Å². The normalized spacial score (nSPS) is 12.9. The molecule has 1 unspecified atom stereocenters. The Morgan fingerprint density at radius 1 is 0.304 bits per heavy atom. The molecule has 0 amide bonds. The molecular weight excluding hydrogens is 853 g/mol. The van der Waals surface area contributed by atoms with E-state index in [1.165, 1.54) is 70.6 Å². The third kappa shape index (κ3) is 54.9. The maximum absolute atomic E-state index is 12.8. The molecule has 6 nitrogen and oxygen atoms in total. The predicted octanol–water partition coefficient (Wildman–Crippen LogP) is 19.1. The van der Waals surface area contributed by atoms with Crippen molar-refractivity contribution in [2.45, 2.75) is 258 Å². The van der Waals surface area contributed by atoms with Crippen LogP contribution in [0.15, 0.2) is 109 Å². The van der Waals surface area contributed by atoms with Crippen LogP contribution >= 0.6 is 0 Å². The average molecular weight is 958 g/mol. The number of allylic oxidation sites excluding steroid dienone is 18. The third-order valence-electron chi connectivity index (χ3n) is 11.7. The van der Waals surface area contributed by atoms with E-state index in [1.54, 1.807) is 0 Å². The first-order chi connectivity index (χ1) is 34.0. The van der Waals surface area contributed by atoms with Crippen molar-refractivity contribution in [1.29, 1.82) is 0 Å². The van der Waals surface area contributed by atoms with Crippen molar-refractivity contribution in [3.63, 3.8) is 0 Å². The molecular formula is C63H104O6. The molecule has 0 fully saturated rings. The highest BCUT2D eigenvalue weighted by molar-refractivity contribution is 5.71. The maximum atomic E-state index is 12.8. The summed E-state index contributed by atoms with van der Waals surface area (Å²) < 4.78 is 16.8. The monoisotopic (exact) mass is 957 g/mol. The van der Waals surface area contributed by atoms with Gasteiger partial charge in [-0.25, -0.2) is 0 Å². The molecule has 0 aromatic rings. The number of unbranched alkanes of at least 4 members (excludes halogenated alkanes) is 21. The molecule has 0 aliphatic rings. The van der Waals surface area contributed by atoms with Gasteiger partial charge in [0.15, 0.2) is 6.10 Å². The van der Waals surface area contributed by atoms with Crippen LogP contribution in [0.4, 0.5) is 0 Å². The summed E-state index contributed by atoms with van der Waals surface area (Å²) in [6.45, 7) is 6.44. The number of carbonyl (C=O) groups excluding carboxylic acids is 3. The lowest BCUT2D eigenvalue weighted by Crippen LogP contribution is -2.30. The van der Waals surface area contributed by atoms with Gasteiger partial charge in [0, 0.05) is 19.3 Å². The Balaban J connectivity index is 4.33. The first kappa shape index (κ1) is 65.1. The minimum atomic E-state index is -0.794. The van der Waals surface area contributed by atoms with E-state index in [0.717, 1.165) is 141 Å². The van der Waals surface area contributed by atoms with Crippen LogP contribution in [0.5, 0.6) is 0 Å². The molecule has 0 aliphatic carbocycles. The molecule has 0 saturated carbocycles. The van der Waals surface area contributed by atoms with E-state index in [1.807, 2.05) is 0 Å². The lowest BCUT2D eigenvalue weighted by molar-refractivity contribution is -0.167. The zero-order chi connectivity index (χ0) is 50.0. The Morgan fingerprint density at radius 2 is 0.565 bits per heavy atom. The van der Waals surface area contributed by atoms with Crippen molar-refractivity contribution in [2.75, 3.05) is 13.2 Å². The first-order valence-corrected chi connectivity index (χ1v) is 28.4. The molecule has 0 N–H and O–H groups in total. The van der Waals surface area contributed by atoms with Crippen molar-refractivity contribution in [2.24, 2.45) is 0 Å². The van der Waals surface area contributed by atoms with Gasteiger partial charge in [0.1, 0.15) is 13.2 Å². The summed E-state index contributed by atoms with van der Waals surface area (Å²) in [5.74, 6) is -0.933. The summed E-state index contributed by atoms with van der Waals surface area (Å²) in [7, 11) is 0. The summed E-state index contributed by atoms with van der Waals surface area (Å²) in [5, 5.41) is 0. The van der Waals surface area contributed by atoms with Crippen LogP contribution in [0.1, 0.15) is 252 Å². The number of hydrogen-bond donors (Lipinski definition) is 0. The van der Waals surface area contributed by atoms with Crippen LogP contribution in [-0.4, -0.2) is 37.2 Å². The van der Waals surface area contributed by atoms with Crippen LogP contribution in [-0.2, 0) is 28.6 Å². The number of hydrogen-bond acceptors (Lipinski definition) is 6. The van der Waals surface area contributed by atoms with E-state index in [0.29, 0.717) is 19.3 Å². The molecule has 0 saturated heterocycles. The van der Waals surface area contributed by atoms with Crippen LogP contribution in [0.25, 0.3) is 0 Å². The van der Waals surface area contributed by atoms with Gasteiger partial charge in [0.25, 0.3) is 0 Å². The molecule has 6 heteroatoms. The zero-order valence-corrected chi connectivity index (χ0v) is 44.8. The number of ether oxygens (including phenoxy) is 3. The fourth-order valence-electron chi connectivity index (χ4n) is 7.47. The van der Waals surface area contributed by atoms with E-state index in [2.05, 4.69) is 130 Å². The van der Waals surface area contributed by atoms with E-state index >= 15 is 0 Å². The van der Waals surface area contributed by atoms with Crippen LogP contribution < -0.4 is 0 Å². The molecule has 392 valence electrons. The molecule has 0 aliphatic heterocycles. The second-order valence-electron chi connectivity index (χ2n) is 18.5. The molecule has 0 heterocycles. The topological polar surface area (TPSA) is 78.9 Å². The Kier molecular flexibility index (Phi) is 53.4. The van der Waals surface area contributed by atoms with Crippen molar-refractivity contribution in [1.82, 2.24) is 0 Å². The van der Waals surface area contributed by atoms with E-state index in [-0.39, 0.29) is 31.1 Å². The predicted molar refractivity (Wildman–Crippen MR) is 297 cm³/mol. The lowest BCUT2D eigenvalue weighted by Gasteiger charge is -2.18. The molecule has 0 aromatic heterocycles. The fourth-order valence-corrected chi connectivity index (χ4v) is 7.47. The molecule has 1 atom stereocenters. The average Bonchev–Trinajstić information content (AvgIpc) is 3.35. The van der Waals surface area contributed by atoms with Crippen molar-refractivity contribution >= 4 is 17.9 Å². The molecule has 0 radical (unpaired) electrons. The van der Waals surface area contributed by atoms with Crippen LogP contribution in [0.2, 0.25) is 0 Å². The SMILES string of the molecule is CC/C=C\C/C=C\C/C=C\C/C=C\C/C=C\C/C=C\C/C=C\CCCCCCCC(=O)OCC(COC(=O)CCCCCCC/C=C\CCCCC)OC(=O)CCCCCCC/C=C\CCCCC. The van der Waals surface area contributed by atoms with Gasteiger partial charge >= 0.3 is 17.9 Å². The highest BCUT2D eigenvalue weighted by atomic mass is 16.6. The van der Waals surface area contributed by atoms with Gasteiger partial charge in [-0.15, -0.1) is 0 Å². The second kappa shape index (κ2) is 56.7. The fraction of sp³-hybridized carbons (Fsp3) is 0.667. The molecule has 0 bridgehead atoms. The maximum Gasteiger partial charge on any atom is 0.306 e. The molecule has 69 heavy (non-hydrogen) atoms. The third-order valence-corrected chi connectivity index (χ3v) is 11.7. The highest BCUT2D eigenvalue weighted by Crippen LogP contribution is 2.13. The van der Waals surface area contributed by atoms with Gasteiger partial charge in [0.2, 0.25) is 0 Å². The zero-order valence-electron chi connectivity index (χ0n) is 44.8. The van der Waals surface area contributed by atoms with Crippen molar-refractivity contribution in [3.05, 3.63) is 109 Å². The Bertz CT molecular complexity index is 1420. The van der Waals surface area contributed by atoms with E-state index in [4.69, 9.17) is 14.2 Å². The first-order valence-electron chi connectivity index (χ1n) is 28.4. The highest BCUT2D eigenvalue weighted by Gasteiger charge is 2.19. The van der Waals surface area contributed by atoms with Crippen LogP contribution in [0, 0.1) is 0 Å². The smallest absolute Gasteiger partial charge is 0.306 e. The van der Waals surface area contributed by atoms with Gasteiger partial charge in [-0.1, -0.05) is 214 Å². The summed E-state index contributed by atoms with van der Waals surface area (Å²) in [6.07, 6.45) is 76.5. The summed E-state index contributed by atoms with van der Waals surface area (Å²) >= 11 is 0. The Morgan fingerprint density at radius 3 is 0.899 bits per heavy atom. The summed E-state index contributed by atoms with van der Waals surface area (Å²) in [5.41, 5.74) is 0. The standard InChI is InChI=1S/C63H104O6/c1-4-7-10-13-16-19-22-25-26-27-28-29-30-31-32-33-34-35-36-37-38-39-42-44-47-50-53-56-62(65)68-59-60(69-63(66)57-54-51-48-45-41-24-21-18-15-12-9-6-3)58-67-61(64)55-52-49-46-43-40-23-20-17-14-11-8-5-2/h7,10,16-21,25-26,28-29,31-32,34-35,37-38,60H,4-6,8-9,11-15,22-24,27,30,33,36,39-59H2,1-3H3/b10-7-,19-16-,20-17-,21-18-,26-25-,29-28-,32-31-,35-34-,38-37-. The van der Waals surface area contributed by atoms with E-state index < -0.39 is 6.10 Å². The second-order valence-corrected chi connectivity index (χ2v) is 18.5. The Hall–Kier alpha value is -3.93. The van der Waals surface area contributed by atoms with Gasteiger partial charge in [-0.3, -0.25) is 14.4 Å². The largest absolute Gasteiger partial charge is 0.462 e. The summed E-state index contributed by atoms with van der Waals surface area (Å²) in [4.78, 5) is 38.0. The van der Waals surface area contributed by atoms with Gasteiger partial charge in [-0.05, 0) is 128 Å². The molecule has 0 spiro atoms. The molecule has 0 aromatic carbocycles. The Labute approximate surface area is 425 Å². The van der Waals surface area contributed by atoms with Crippen LogP contribution in [0.3, 0.4) is 0 Å². The quantitative estimate of drug-likeness (QED) is 0.0262. The number of carbonyl (C=O) groups is 3.